The summed E-state index contributed by atoms with van der Waals surface area (Å²) in [5.74, 6) is 0.953. The van der Waals surface area contributed by atoms with E-state index in [1.54, 1.807) is 6.26 Å². The molecule has 3 nitrogen and oxygen atoms in total. The highest BCUT2D eigenvalue weighted by Gasteiger charge is 2.07. The second-order valence-electron chi connectivity index (χ2n) is 5.02. The first-order valence-electron chi connectivity index (χ1n) is 6.76. The van der Waals surface area contributed by atoms with E-state index >= 15 is 0 Å². The molecule has 2 rings (SSSR count). The zero-order chi connectivity index (χ0) is 14.4. The Morgan fingerprint density at radius 1 is 1.15 bits per heavy atom. The van der Waals surface area contributed by atoms with Crippen LogP contribution < -0.4 is 5.32 Å². The van der Waals surface area contributed by atoms with Gasteiger partial charge in [-0.1, -0.05) is 41.9 Å². The van der Waals surface area contributed by atoms with Crippen molar-refractivity contribution >= 4 is 15.9 Å². The van der Waals surface area contributed by atoms with Crippen molar-refractivity contribution < 1.29 is 9.15 Å². The Balaban J connectivity index is 1.82. The summed E-state index contributed by atoms with van der Waals surface area (Å²) in [6.45, 7) is 6.15. The molecule has 2 aromatic rings. The maximum Gasteiger partial charge on any atom is 0.123 e. The molecule has 0 bridgehead atoms. The highest BCUT2D eigenvalue weighted by molar-refractivity contribution is 9.10. The zero-order valence-corrected chi connectivity index (χ0v) is 13.4. The molecule has 0 fully saturated rings. The van der Waals surface area contributed by atoms with Gasteiger partial charge in [-0.15, -0.1) is 0 Å². The number of ether oxygens (including phenoxy) is 1. The first-order chi connectivity index (χ1) is 9.65. The smallest absolute Gasteiger partial charge is 0.123 e. The van der Waals surface area contributed by atoms with E-state index in [2.05, 4.69) is 47.2 Å². The Morgan fingerprint density at radius 2 is 1.90 bits per heavy atom. The monoisotopic (exact) mass is 337 g/mol. The van der Waals surface area contributed by atoms with E-state index in [-0.39, 0.29) is 0 Å². The van der Waals surface area contributed by atoms with Crippen molar-refractivity contribution in [3.05, 3.63) is 58.0 Å². The van der Waals surface area contributed by atoms with Crippen molar-refractivity contribution in [3.63, 3.8) is 0 Å². The summed E-state index contributed by atoms with van der Waals surface area (Å²) in [7, 11) is 0. The molecule has 0 atom stereocenters. The molecule has 0 radical (unpaired) electrons. The van der Waals surface area contributed by atoms with E-state index in [4.69, 9.17) is 9.15 Å². The molecular weight excluding hydrogens is 318 g/mol. The Kier molecular flexibility index (Phi) is 5.83. The molecule has 1 heterocycles. The maximum absolute atomic E-state index is 5.75. The van der Waals surface area contributed by atoms with Crippen molar-refractivity contribution in [2.24, 2.45) is 0 Å². The van der Waals surface area contributed by atoms with E-state index < -0.39 is 0 Å². The van der Waals surface area contributed by atoms with Gasteiger partial charge in [-0.05, 0) is 23.8 Å². The Labute approximate surface area is 128 Å². The van der Waals surface area contributed by atoms with Gasteiger partial charge >= 0.3 is 0 Å². The van der Waals surface area contributed by atoms with Crippen LogP contribution in [0.2, 0.25) is 0 Å². The van der Waals surface area contributed by atoms with Crippen LogP contribution in [0.15, 0.2) is 45.5 Å². The first kappa shape index (κ1) is 15.3. The van der Waals surface area contributed by atoms with Crippen LogP contribution in [-0.2, 0) is 24.5 Å². The molecule has 0 saturated carbocycles. The van der Waals surface area contributed by atoms with Crippen LogP contribution in [0.5, 0.6) is 0 Å². The largest absolute Gasteiger partial charge is 0.468 e. The Bertz CT molecular complexity index is 520. The lowest BCUT2D eigenvalue weighted by Gasteiger charge is -2.08. The van der Waals surface area contributed by atoms with Crippen LogP contribution in [0, 0.1) is 0 Å². The topological polar surface area (TPSA) is 34.4 Å². The van der Waals surface area contributed by atoms with Crippen LogP contribution in [0.3, 0.4) is 0 Å². The van der Waals surface area contributed by atoms with Crippen LogP contribution in [0.25, 0.3) is 0 Å². The minimum Gasteiger partial charge on any atom is -0.468 e. The third kappa shape index (κ3) is 4.78. The SMILES string of the molecule is CC(C)NCc1occc1COCc1ccc(Br)cc1. The number of furan rings is 1. The van der Waals surface area contributed by atoms with Crippen LogP contribution in [0.1, 0.15) is 30.7 Å². The average Bonchev–Trinajstić information content (AvgIpc) is 2.86. The van der Waals surface area contributed by atoms with E-state index in [1.165, 1.54) is 5.56 Å². The van der Waals surface area contributed by atoms with Gasteiger partial charge in [0.1, 0.15) is 5.76 Å². The number of benzene rings is 1. The number of hydrogen-bond donors (Lipinski definition) is 1. The minimum absolute atomic E-state index is 0.441. The third-order valence-electron chi connectivity index (χ3n) is 2.95. The molecule has 1 aromatic carbocycles. The molecule has 4 heteroatoms. The van der Waals surface area contributed by atoms with Gasteiger partial charge in [0.15, 0.2) is 0 Å². The van der Waals surface area contributed by atoms with Gasteiger partial charge in [0.2, 0.25) is 0 Å². The normalized spacial score (nSPS) is 11.2. The lowest BCUT2D eigenvalue weighted by atomic mass is 10.2. The zero-order valence-electron chi connectivity index (χ0n) is 11.9. The average molecular weight is 338 g/mol. The molecule has 1 aromatic heterocycles. The molecule has 0 amide bonds. The summed E-state index contributed by atoms with van der Waals surface area (Å²) in [4.78, 5) is 0. The van der Waals surface area contributed by atoms with Gasteiger partial charge in [0.05, 0.1) is 26.0 Å². The summed E-state index contributed by atoms with van der Waals surface area (Å²) in [6, 6.07) is 10.6. The lowest BCUT2D eigenvalue weighted by Crippen LogP contribution is -2.22. The molecule has 1 N–H and O–H groups in total. The molecule has 0 saturated heterocycles. The lowest BCUT2D eigenvalue weighted by molar-refractivity contribution is 0.106. The van der Waals surface area contributed by atoms with E-state index in [0.29, 0.717) is 19.3 Å². The second kappa shape index (κ2) is 7.62. The maximum atomic E-state index is 5.75. The summed E-state index contributed by atoms with van der Waals surface area (Å²) < 4.78 is 12.3. The first-order valence-corrected chi connectivity index (χ1v) is 7.55. The summed E-state index contributed by atoms with van der Waals surface area (Å²) >= 11 is 3.42. The van der Waals surface area contributed by atoms with Crippen molar-refractivity contribution in [1.82, 2.24) is 5.32 Å². The predicted octanol–water partition coefficient (Wildman–Crippen LogP) is 4.26. The van der Waals surface area contributed by atoms with Gasteiger partial charge in [-0.2, -0.15) is 0 Å². The van der Waals surface area contributed by atoms with Gasteiger partial charge in [0, 0.05) is 16.1 Å². The Hall–Kier alpha value is -1.10. The van der Waals surface area contributed by atoms with E-state index in [9.17, 15) is 0 Å². The standard InChI is InChI=1S/C16H20BrNO2/c1-12(2)18-9-16-14(7-8-20-16)11-19-10-13-3-5-15(17)6-4-13/h3-8,12,18H,9-11H2,1-2H3. The summed E-state index contributed by atoms with van der Waals surface area (Å²) in [5, 5.41) is 3.35. The van der Waals surface area contributed by atoms with Gasteiger partial charge in [-0.3, -0.25) is 0 Å². The third-order valence-corrected chi connectivity index (χ3v) is 3.48. The second-order valence-corrected chi connectivity index (χ2v) is 5.94. The molecule has 0 aliphatic heterocycles. The minimum atomic E-state index is 0.441. The predicted molar refractivity (Wildman–Crippen MR) is 83.3 cm³/mol. The van der Waals surface area contributed by atoms with Gasteiger partial charge in [-0.25, -0.2) is 0 Å². The highest BCUT2D eigenvalue weighted by Crippen LogP contribution is 2.15. The number of halogens is 1. The molecule has 0 unspecified atom stereocenters. The summed E-state index contributed by atoms with van der Waals surface area (Å²) in [6.07, 6.45) is 1.72. The van der Waals surface area contributed by atoms with Crippen LogP contribution >= 0.6 is 15.9 Å². The molecule has 20 heavy (non-hydrogen) atoms. The van der Waals surface area contributed by atoms with Gasteiger partial charge < -0.3 is 14.5 Å². The van der Waals surface area contributed by atoms with Gasteiger partial charge in [0.25, 0.3) is 0 Å². The van der Waals surface area contributed by atoms with Crippen molar-refractivity contribution in [2.75, 3.05) is 0 Å². The fourth-order valence-electron chi connectivity index (χ4n) is 1.81. The quantitative estimate of drug-likeness (QED) is 0.819. The van der Waals surface area contributed by atoms with Crippen molar-refractivity contribution in [1.29, 1.82) is 0 Å². The number of hydrogen-bond acceptors (Lipinski definition) is 3. The molecular formula is C16H20BrNO2. The fraction of sp³-hybridized carbons (Fsp3) is 0.375. The molecule has 0 spiro atoms. The Morgan fingerprint density at radius 3 is 2.60 bits per heavy atom. The van der Waals surface area contributed by atoms with Crippen LogP contribution in [0.4, 0.5) is 0 Å². The summed E-state index contributed by atoms with van der Waals surface area (Å²) in [5.41, 5.74) is 2.27. The molecule has 0 aliphatic carbocycles. The number of rotatable bonds is 7. The molecule has 108 valence electrons. The fourth-order valence-corrected chi connectivity index (χ4v) is 2.07. The highest BCUT2D eigenvalue weighted by atomic mass is 79.9. The van der Waals surface area contributed by atoms with E-state index in [0.717, 1.165) is 22.3 Å². The molecule has 0 aliphatic rings. The van der Waals surface area contributed by atoms with Crippen LogP contribution in [-0.4, -0.2) is 6.04 Å². The van der Waals surface area contributed by atoms with Crippen molar-refractivity contribution in [3.8, 4) is 0 Å². The van der Waals surface area contributed by atoms with E-state index in [1.807, 2.05) is 18.2 Å². The number of nitrogens with one attached hydrogen (secondary N) is 1. The van der Waals surface area contributed by atoms with Crippen molar-refractivity contribution in [2.45, 2.75) is 39.6 Å².